The summed E-state index contributed by atoms with van der Waals surface area (Å²) in [5.41, 5.74) is 6.05. The minimum Gasteiger partial charge on any atom is -0.331 e. The maximum absolute atomic E-state index is 12.9. The van der Waals surface area contributed by atoms with Crippen molar-refractivity contribution in [2.45, 2.75) is 39.3 Å². The SMILES string of the molecule is Cc1cc(-c2cnc3[nH]ncc3c2)cc2c1C(=O)N(C(C)C1CC1)C2. The summed E-state index contributed by atoms with van der Waals surface area (Å²) >= 11 is 0. The Morgan fingerprint density at radius 3 is 2.84 bits per heavy atom. The molecule has 1 N–H and O–H groups in total. The summed E-state index contributed by atoms with van der Waals surface area (Å²) in [6.45, 7) is 4.95. The number of hydrogen-bond acceptors (Lipinski definition) is 3. The summed E-state index contributed by atoms with van der Waals surface area (Å²) in [6.07, 6.45) is 6.15. The van der Waals surface area contributed by atoms with Crippen molar-refractivity contribution < 1.29 is 4.79 Å². The molecule has 0 saturated heterocycles. The van der Waals surface area contributed by atoms with Crippen molar-refractivity contribution >= 4 is 16.9 Å². The predicted octanol–water partition coefficient (Wildman–Crippen LogP) is 3.69. The number of fused-ring (bicyclic) bond motifs is 2. The number of pyridine rings is 1. The Bertz CT molecular complexity index is 1000. The number of nitrogens with zero attached hydrogens (tertiary/aromatic N) is 3. The van der Waals surface area contributed by atoms with Gasteiger partial charge in [-0.1, -0.05) is 6.07 Å². The molecule has 25 heavy (non-hydrogen) atoms. The zero-order chi connectivity index (χ0) is 17.1. The van der Waals surface area contributed by atoms with Crippen molar-refractivity contribution in [3.63, 3.8) is 0 Å². The predicted molar refractivity (Wildman–Crippen MR) is 96.1 cm³/mol. The second kappa shape index (κ2) is 5.15. The lowest BCUT2D eigenvalue weighted by atomic mass is 9.97. The molecule has 0 radical (unpaired) electrons. The van der Waals surface area contributed by atoms with Gasteiger partial charge in [0.15, 0.2) is 5.65 Å². The van der Waals surface area contributed by atoms with E-state index in [0.29, 0.717) is 12.0 Å². The highest BCUT2D eigenvalue weighted by Crippen LogP contribution is 2.39. The molecule has 5 nitrogen and oxygen atoms in total. The maximum Gasteiger partial charge on any atom is 0.255 e. The van der Waals surface area contributed by atoms with Gasteiger partial charge >= 0.3 is 0 Å². The number of carbonyl (C=O) groups is 1. The van der Waals surface area contributed by atoms with Crippen LogP contribution in [0.4, 0.5) is 0 Å². The van der Waals surface area contributed by atoms with Gasteiger partial charge in [0, 0.05) is 35.3 Å². The number of rotatable bonds is 3. The van der Waals surface area contributed by atoms with Crippen molar-refractivity contribution in [2.75, 3.05) is 0 Å². The van der Waals surface area contributed by atoms with Gasteiger partial charge in [0.2, 0.25) is 0 Å². The number of amides is 1. The van der Waals surface area contributed by atoms with Gasteiger partial charge in [0.25, 0.3) is 5.91 Å². The zero-order valence-electron chi connectivity index (χ0n) is 14.4. The molecule has 3 aromatic rings. The van der Waals surface area contributed by atoms with E-state index in [0.717, 1.165) is 45.4 Å². The minimum atomic E-state index is 0.196. The summed E-state index contributed by atoms with van der Waals surface area (Å²) in [5.74, 6) is 0.882. The zero-order valence-corrected chi connectivity index (χ0v) is 14.4. The van der Waals surface area contributed by atoms with E-state index in [9.17, 15) is 4.79 Å². The number of carbonyl (C=O) groups excluding carboxylic acids is 1. The fourth-order valence-electron chi connectivity index (χ4n) is 4.01. The van der Waals surface area contributed by atoms with E-state index in [-0.39, 0.29) is 5.91 Å². The lowest BCUT2D eigenvalue weighted by Gasteiger charge is -2.24. The second-order valence-corrected chi connectivity index (χ2v) is 7.37. The molecule has 5 heteroatoms. The van der Waals surface area contributed by atoms with E-state index in [1.807, 2.05) is 13.1 Å². The first-order chi connectivity index (χ1) is 12.1. The Morgan fingerprint density at radius 1 is 1.20 bits per heavy atom. The first kappa shape index (κ1) is 14.6. The second-order valence-electron chi connectivity index (χ2n) is 7.37. The van der Waals surface area contributed by atoms with Crippen LogP contribution in [0.15, 0.2) is 30.6 Å². The molecule has 1 saturated carbocycles. The van der Waals surface area contributed by atoms with Gasteiger partial charge in [0.1, 0.15) is 0 Å². The van der Waals surface area contributed by atoms with E-state index < -0.39 is 0 Å². The van der Waals surface area contributed by atoms with Crippen LogP contribution < -0.4 is 0 Å². The first-order valence-electron chi connectivity index (χ1n) is 8.86. The summed E-state index contributed by atoms with van der Waals surface area (Å²) in [6, 6.07) is 6.69. The maximum atomic E-state index is 12.9. The van der Waals surface area contributed by atoms with Crippen LogP contribution in [0.1, 0.15) is 41.3 Å². The van der Waals surface area contributed by atoms with Crippen molar-refractivity contribution in [1.29, 1.82) is 0 Å². The van der Waals surface area contributed by atoms with E-state index in [4.69, 9.17) is 0 Å². The number of hydrogen-bond donors (Lipinski definition) is 1. The normalized spacial score (nSPS) is 18.0. The quantitative estimate of drug-likeness (QED) is 0.796. The van der Waals surface area contributed by atoms with E-state index in [2.05, 4.69) is 45.2 Å². The molecule has 1 unspecified atom stereocenters. The van der Waals surface area contributed by atoms with Crippen molar-refractivity contribution in [2.24, 2.45) is 5.92 Å². The third-order valence-electron chi connectivity index (χ3n) is 5.65. The molecule has 5 rings (SSSR count). The van der Waals surface area contributed by atoms with Gasteiger partial charge in [-0.25, -0.2) is 4.98 Å². The van der Waals surface area contributed by atoms with Crippen molar-refractivity contribution in [1.82, 2.24) is 20.1 Å². The van der Waals surface area contributed by atoms with E-state index in [1.165, 1.54) is 12.8 Å². The number of nitrogens with one attached hydrogen (secondary N) is 1. The average Bonchev–Trinajstić information content (AvgIpc) is 3.25. The van der Waals surface area contributed by atoms with Gasteiger partial charge in [-0.3, -0.25) is 9.89 Å². The van der Waals surface area contributed by atoms with Crippen LogP contribution >= 0.6 is 0 Å². The summed E-state index contributed by atoms with van der Waals surface area (Å²) in [7, 11) is 0. The number of benzene rings is 1. The largest absolute Gasteiger partial charge is 0.331 e. The van der Waals surface area contributed by atoms with Gasteiger partial charge in [0.05, 0.1) is 6.20 Å². The number of aryl methyl sites for hydroxylation is 1. The number of aromatic nitrogens is 3. The Morgan fingerprint density at radius 2 is 2.04 bits per heavy atom. The topological polar surface area (TPSA) is 61.9 Å². The highest BCUT2D eigenvalue weighted by molar-refractivity contribution is 6.00. The van der Waals surface area contributed by atoms with E-state index in [1.54, 1.807) is 6.20 Å². The van der Waals surface area contributed by atoms with Crippen LogP contribution in [0.2, 0.25) is 0 Å². The van der Waals surface area contributed by atoms with Crippen molar-refractivity contribution in [3.05, 3.63) is 47.3 Å². The molecule has 1 atom stereocenters. The van der Waals surface area contributed by atoms with Crippen LogP contribution in [0.5, 0.6) is 0 Å². The Kier molecular flexibility index (Phi) is 3.02. The molecule has 1 aliphatic carbocycles. The molecular formula is C20H20N4O. The van der Waals surface area contributed by atoms with Crippen molar-refractivity contribution in [3.8, 4) is 11.1 Å². The van der Waals surface area contributed by atoms with Crippen LogP contribution in [0, 0.1) is 12.8 Å². The Balaban J connectivity index is 1.55. The smallest absolute Gasteiger partial charge is 0.255 e. The van der Waals surface area contributed by atoms with E-state index >= 15 is 0 Å². The molecule has 2 aliphatic rings. The molecule has 1 fully saturated rings. The molecule has 2 aromatic heterocycles. The monoisotopic (exact) mass is 332 g/mol. The minimum absolute atomic E-state index is 0.196. The van der Waals surface area contributed by atoms with Crippen LogP contribution in [0.3, 0.4) is 0 Å². The summed E-state index contributed by atoms with van der Waals surface area (Å²) in [5, 5.41) is 7.91. The molecular weight excluding hydrogens is 312 g/mol. The Hall–Kier alpha value is -2.69. The van der Waals surface area contributed by atoms with Crippen LogP contribution in [0.25, 0.3) is 22.2 Å². The lowest BCUT2D eigenvalue weighted by molar-refractivity contribution is 0.0697. The fourth-order valence-corrected chi connectivity index (χ4v) is 4.01. The Labute approximate surface area is 146 Å². The number of H-pyrrole nitrogens is 1. The third-order valence-corrected chi connectivity index (χ3v) is 5.65. The fraction of sp³-hybridized carbons (Fsp3) is 0.350. The van der Waals surface area contributed by atoms with Gasteiger partial charge in [-0.05, 0) is 61.4 Å². The highest BCUT2D eigenvalue weighted by Gasteiger charge is 2.39. The third kappa shape index (κ3) is 2.26. The molecule has 0 spiro atoms. The van der Waals surface area contributed by atoms with Gasteiger partial charge in [-0.2, -0.15) is 5.10 Å². The molecule has 1 aliphatic heterocycles. The molecule has 1 amide bonds. The van der Waals surface area contributed by atoms with Crippen LogP contribution in [-0.4, -0.2) is 32.0 Å². The van der Waals surface area contributed by atoms with Gasteiger partial charge < -0.3 is 4.90 Å². The number of aromatic amines is 1. The van der Waals surface area contributed by atoms with Crippen LogP contribution in [-0.2, 0) is 6.54 Å². The average molecular weight is 332 g/mol. The lowest BCUT2D eigenvalue weighted by Crippen LogP contribution is -2.34. The van der Waals surface area contributed by atoms with Gasteiger partial charge in [-0.15, -0.1) is 0 Å². The molecule has 1 aromatic carbocycles. The molecule has 3 heterocycles. The molecule has 0 bridgehead atoms. The highest BCUT2D eigenvalue weighted by atomic mass is 16.2. The molecule has 126 valence electrons. The summed E-state index contributed by atoms with van der Waals surface area (Å²) < 4.78 is 0. The first-order valence-corrected chi connectivity index (χ1v) is 8.86. The standard InChI is InChI=1S/C20H20N4O/c1-11-5-14(15-7-16-9-22-23-19(16)21-8-15)6-17-10-24(20(25)18(11)17)12(2)13-3-4-13/h5-9,12-13H,3-4,10H2,1-2H3,(H,21,22,23). The summed E-state index contributed by atoms with van der Waals surface area (Å²) in [4.78, 5) is 19.4.